The van der Waals surface area contributed by atoms with E-state index in [4.69, 9.17) is 0 Å². The second-order valence-electron chi connectivity index (χ2n) is 5.55. The molecule has 3 atom stereocenters. The Bertz CT molecular complexity index is 398. The van der Waals surface area contributed by atoms with Crippen molar-refractivity contribution >= 4 is 11.8 Å². The van der Waals surface area contributed by atoms with Crippen molar-refractivity contribution in [2.75, 3.05) is 12.3 Å². The van der Waals surface area contributed by atoms with Gasteiger partial charge >= 0.3 is 0 Å². The van der Waals surface area contributed by atoms with Gasteiger partial charge in [-0.15, -0.1) is 0 Å². The van der Waals surface area contributed by atoms with Gasteiger partial charge < -0.3 is 5.32 Å². The van der Waals surface area contributed by atoms with Crippen LogP contribution in [0.25, 0.3) is 0 Å². The summed E-state index contributed by atoms with van der Waals surface area (Å²) in [6, 6.07) is 9.70. The van der Waals surface area contributed by atoms with Gasteiger partial charge in [0.15, 0.2) is 0 Å². The summed E-state index contributed by atoms with van der Waals surface area (Å²) in [6.07, 6.45) is 5.47. The summed E-state index contributed by atoms with van der Waals surface area (Å²) in [4.78, 5) is 0. The molecule has 1 heterocycles. The van der Waals surface area contributed by atoms with Crippen molar-refractivity contribution in [3.63, 3.8) is 0 Å². The van der Waals surface area contributed by atoms with Gasteiger partial charge in [-0.1, -0.05) is 31.2 Å². The fourth-order valence-corrected chi connectivity index (χ4v) is 4.84. The van der Waals surface area contributed by atoms with Gasteiger partial charge in [-0.3, -0.25) is 0 Å². The van der Waals surface area contributed by atoms with Gasteiger partial charge in [0.05, 0.1) is 0 Å². The first kappa shape index (κ1) is 12.6. The molecular formula is C16H23NS. The molecule has 1 aliphatic heterocycles. The maximum Gasteiger partial charge on any atom is 0.0201 e. The third-order valence-corrected chi connectivity index (χ3v) is 5.90. The highest BCUT2D eigenvalue weighted by molar-refractivity contribution is 8.00. The molecule has 1 aliphatic carbocycles. The average molecular weight is 261 g/mol. The Morgan fingerprint density at radius 1 is 1.39 bits per heavy atom. The van der Waals surface area contributed by atoms with Crippen molar-refractivity contribution in [1.29, 1.82) is 0 Å². The average Bonchev–Trinajstić information content (AvgIpc) is 2.88. The Kier molecular flexibility index (Phi) is 3.95. The Hall–Kier alpha value is -0.470. The third kappa shape index (κ3) is 2.46. The fraction of sp³-hybridized carbons (Fsp3) is 0.625. The molecule has 0 saturated carbocycles. The molecule has 1 aromatic carbocycles. The lowest BCUT2D eigenvalue weighted by molar-refractivity contribution is 0.409. The minimum Gasteiger partial charge on any atom is -0.313 e. The van der Waals surface area contributed by atoms with Crippen molar-refractivity contribution < 1.29 is 0 Å². The third-order valence-electron chi connectivity index (χ3n) is 4.38. The van der Waals surface area contributed by atoms with Crippen LogP contribution in [-0.2, 0) is 6.42 Å². The Labute approximate surface area is 115 Å². The summed E-state index contributed by atoms with van der Waals surface area (Å²) >= 11 is 2.19. The molecule has 0 radical (unpaired) electrons. The zero-order valence-corrected chi connectivity index (χ0v) is 12.0. The lowest BCUT2D eigenvalue weighted by atomic mass is 9.74. The van der Waals surface area contributed by atoms with Crippen LogP contribution >= 0.6 is 11.8 Å². The molecule has 2 heteroatoms. The molecule has 98 valence electrons. The first-order chi connectivity index (χ1) is 8.88. The molecule has 1 nitrogen and oxygen atoms in total. The molecule has 0 amide bonds. The molecule has 1 N–H and O–H groups in total. The molecule has 0 aromatic heterocycles. The zero-order chi connectivity index (χ0) is 12.4. The van der Waals surface area contributed by atoms with Crippen LogP contribution in [0.4, 0.5) is 0 Å². The second kappa shape index (κ2) is 5.66. The van der Waals surface area contributed by atoms with Gasteiger partial charge in [0.2, 0.25) is 0 Å². The van der Waals surface area contributed by atoms with E-state index in [9.17, 15) is 0 Å². The van der Waals surface area contributed by atoms with Crippen LogP contribution in [0.1, 0.15) is 43.2 Å². The van der Waals surface area contributed by atoms with Crippen molar-refractivity contribution in [3.05, 3.63) is 35.4 Å². The topological polar surface area (TPSA) is 12.0 Å². The number of hydrogen-bond acceptors (Lipinski definition) is 2. The Morgan fingerprint density at radius 3 is 3.00 bits per heavy atom. The van der Waals surface area contributed by atoms with E-state index >= 15 is 0 Å². The highest BCUT2D eigenvalue weighted by atomic mass is 32.2. The fourth-order valence-electron chi connectivity index (χ4n) is 3.43. The summed E-state index contributed by atoms with van der Waals surface area (Å²) in [6.45, 7) is 3.34. The van der Waals surface area contributed by atoms with E-state index in [-0.39, 0.29) is 0 Å². The summed E-state index contributed by atoms with van der Waals surface area (Å²) < 4.78 is 0. The lowest BCUT2D eigenvalue weighted by Gasteiger charge is -2.35. The Morgan fingerprint density at radius 2 is 2.28 bits per heavy atom. The quantitative estimate of drug-likeness (QED) is 0.869. The van der Waals surface area contributed by atoms with Gasteiger partial charge in [0.25, 0.3) is 0 Å². The number of rotatable bonds is 5. The minimum absolute atomic E-state index is 0.723. The second-order valence-corrected chi connectivity index (χ2v) is 6.90. The molecular weight excluding hydrogens is 238 g/mol. The predicted molar refractivity (Wildman–Crippen MR) is 80.4 cm³/mol. The van der Waals surface area contributed by atoms with Gasteiger partial charge in [-0.25, -0.2) is 0 Å². The van der Waals surface area contributed by atoms with Crippen LogP contribution in [0.3, 0.4) is 0 Å². The molecule has 18 heavy (non-hydrogen) atoms. The molecule has 3 unspecified atom stereocenters. The van der Waals surface area contributed by atoms with E-state index < -0.39 is 0 Å². The van der Waals surface area contributed by atoms with Crippen molar-refractivity contribution in [3.8, 4) is 0 Å². The van der Waals surface area contributed by atoms with E-state index in [1.54, 1.807) is 11.1 Å². The van der Waals surface area contributed by atoms with Gasteiger partial charge in [-0.2, -0.15) is 11.8 Å². The van der Waals surface area contributed by atoms with E-state index in [1.165, 1.54) is 31.4 Å². The van der Waals surface area contributed by atoms with Crippen LogP contribution in [0.2, 0.25) is 0 Å². The lowest BCUT2D eigenvalue weighted by Crippen LogP contribution is -2.39. The SMILES string of the molecule is CCNC(CC1Cc2ccccc21)C1CCCS1. The highest BCUT2D eigenvalue weighted by Gasteiger charge is 2.32. The number of fused-ring (bicyclic) bond motifs is 1. The van der Waals surface area contributed by atoms with Crippen LogP contribution in [0, 0.1) is 0 Å². The van der Waals surface area contributed by atoms with E-state index in [1.807, 2.05) is 0 Å². The van der Waals surface area contributed by atoms with Crippen LogP contribution in [0.15, 0.2) is 24.3 Å². The highest BCUT2D eigenvalue weighted by Crippen LogP contribution is 2.40. The maximum absolute atomic E-state index is 3.73. The smallest absolute Gasteiger partial charge is 0.0201 e. The first-order valence-corrected chi connectivity index (χ1v) is 8.36. The summed E-state index contributed by atoms with van der Waals surface area (Å²) in [5.74, 6) is 2.18. The van der Waals surface area contributed by atoms with Crippen molar-refractivity contribution in [2.24, 2.45) is 0 Å². The number of thioether (sulfide) groups is 1. The number of nitrogens with one attached hydrogen (secondary N) is 1. The molecule has 0 spiro atoms. The van der Waals surface area contributed by atoms with Crippen molar-refractivity contribution in [1.82, 2.24) is 5.32 Å². The van der Waals surface area contributed by atoms with E-state index in [0.717, 1.165) is 23.8 Å². The number of benzene rings is 1. The molecule has 1 saturated heterocycles. The van der Waals surface area contributed by atoms with Crippen LogP contribution in [-0.4, -0.2) is 23.6 Å². The normalized spacial score (nSPS) is 27.6. The zero-order valence-electron chi connectivity index (χ0n) is 11.2. The molecule has 2 aliphatic rings. The van der Waals surface area contributed by atoms with Crippen LogP contribution < -0.4 is 5.32 Å². The molecule has 3 rings (SSSR count). The van der Waals surface area contributed by atoms with Gasteiger partial charge in [0, 0.05) is 11.3 Å². The first-order valence-electron chi connectivity index (χ1n) is 7.31. The van der Waals surface area contributed by atoms with Gasteiger partial charge in [-0.05, 0) is 55.0 Å². The molecule has 0 bridgehead atoms. The predicted octanol–water partition coefficient (Wildman–Crippen LogP) is 3.59. The van der Waals surface area contributed by atoms with Crippen molar-refractivity contribution in [2.45, 2.75) is 49.8 Å². The summed E-state index contributed by atoms with van der Waals surface area (Å²) in [7, 11) is 0. The largest absolute Gasteiger partial charge is 0.313 e. The molecule has 1 aromatic rings. The summed E-state index contributed by atoms with van der Waals surface area (Å²) in [5, 5.41) is 4.59. The maximum atomic E-state index is 3.73. The monoisotopic (exact) mass is 261 g/mol. The standard InChI is InChI=1S/C16H23NS/c1-2-17-15(16-8-5-9-18-16)11-13-10-12-6-3-4-7-14(12)13/h3-4,6-7,13,15-17H,2,5,8-11H2,1H3. The minimum atomic E-state index is 0.723. The number of hydrogen-bond donors (Lipinski definition) is 1. The molecule has 1 fully saturated rings. The van der Waals surface area contributed by atoms with E-state index in [2.05, 4.69) is 48.3 Å². The summed E-state index contributed by atoms with van der Waals surface area (Å²) in [5.41, 5.74) is 3.19. The van der Waals surface area contributed by atoms with Gasteiger partial charge in [0.1, 0.15) is 0 Å². The van der Waals surface area contributed by atoms with Crippen LogP contribution in [0.5, 0.6) is 0 Å². The Balaban J connectivity index is 1.63. The van der Waals surface area contributed by atoms with E-state index in [0.29, 0.717) is 0 Å².